The molecule has 2 aromatic heterocycles. The zero-order valence-corrected chi connectivity index (χ0v) is 10.8. The molecule has 0 aliphatic rings. The number of carbonyl (C=O) groups excluding carboxylic acids is 1. The van der Waals surface area contributed by atoms with Gasteiger partial charge in [-0.2, -0.15) is 0 Å². The third-order valence-corrected chi connectivity index (χ3v) is 2.83. The number of carbonyl (C=O) groups is 1. The highest BCUT2D eigenvalue weighted by Gasteiger charge is 2.12. The third-order valence-electron chi connectivity index (χ3n) is 2.83. The lowest BCUT2D eigenvalue weighted by Crippen LogP contribution is -2.28. The number of aromatic nitrogens is 2. The van der Waals surface area contributed by atoms with Gasteiger partial charge in [-0.25, -0.2) is 0 Å². The van der Waals surface area contributed by atoms with Crippen LogP contribution in [0.4, 0.5) is 0 Å². The Hall–Kier alpha value is -2.43. The van der Waals surface area contributed by atoms with Crippen molar-refractivity contribution in [3.63, 3.8) is 0 Å². The van der Waals surface area contributed by atoms with Crippen LogP contribution >= 0.6 is 0 Å². The minimum atomic E-state index is -0.228. The molecule has 2 rings (SSSR count). The molecule has 19 heavy (non-hydrogen) atoms. The van der Waals surface area contributed by atoms with Gasteiger partial charge in [-0.05, 0) is 25.1 Å². The second-order valence-corrected chi connectivity index (χ2v) is 4.32. The lowest BCUT2D eigenvalue weighted by atomic mass is 10.2. The van der Waals surface area contributed by atoms with Gasteiger partial charge in [0.25, 0.3) is 5.91 Å². The van der Waals surface area contributed by atoms with Crippen molar-refractivity contribution >= 4 is 5.91 Å². The van der Waals surface area contributed by atoms with Gasteiger partial charge < -0.3 is 9.88 Å². The first-order chi connectivity index (χ1) is 9.08. The Balaban J connectivity index is 2.13. The summed E-state index contributed by atoms with van der Waals surface area (Å²) in [4.78, 5) is 27.5. The number of nitrogens with zero attached hydrogens (tertiary/aromatic N) is 2. The van der Waals surface area contributed by atoms with E-state index in [4.69, 9.17) is 0 Å². The molecule has 98 valence electrons. The SMILES string of the molecule is C[C@H](NC(=O)c1ccc(=O)n(C)c1)c1ccccn1. The number of hydrogen-bond donors (Lipinski definition) is 1. The molecule has 0 aromatic carbocycles. The molecule has 0 unspecified atom stereocenters. The van der Waals surface area contributed by atoms with Crippen LogP contribution in [0.25, 0.3) is 0 Å². The van der Waals surface area contributed by atoms with Crippen LogP contribution < -0.4 is 10.9 Å². The van der Waals surface area contributed by atoms with Crippen molar-refractivity contribution in [1.82, 2.24) is 14.9 Å². The summed E-state index contributed by atoms with van der Waals surface area (Å²) >= 11 is 0. The first kappa shape index (κ1) is 13.0. The minimum absolute atomic E-state index is 0.144. The second-order valence-electron chi connectivity index (χ2n) is 4.32. The van der Waals surface area contributed by atoms with Gasteiger partial charge in [-0.3, -0.25) is 14.6 Å². The number of pyridine rings is 2. The third kappa shape index (κ3) is 3.07. The van der Waals surface area contributed by atoms with Crippen molar-refractivity contribution in [2.75, 3.05) is 0 Å². The smallest absolute Gasteiger partial charge is 0.253 e. The van der Waals surface area contributed by atoms with Crippen LogP contribution in [-0.4, -0.2) is 15.5 Å². The topological polar surface area (TPSA) is 64.0 Å². The Morgan fingerprint density at radius 2 is 2.11 bits per heavy atom. The van der Waals surface area contributed by atoms with E-state index in [1.165, 1.54) is 22.9 Å². The molecule has 5 heteroatoms. The van der Waals surface area contributed by atoms with Crippen LogP contribution in [0.3, 0.4) is 0 Å². The maximum Gasteiger partial charge on any atom is 0.253 e. The molecule has 0 fully saturated rings. The monoisotopic (exact) mass is 257 g/mol. The molecule has 0 aliphatic carbocycles. The molecule has 0 bridgehead atoms. The molecule has 1 atom stereocenters. The average molecular weight is 257 g/mol. The highest BCUT2D eigenvalue weighted by molar-refractivity contribution is 5.94. The van der Waals surface area contributed by atoms with E-state index in [1.807, 2.05) is 25.1 Å². The molecule has 2 heterocycles. The van der Waals surface area contributed by atoms with Crippen LogP contribution in [0.15, 0.2) is 47.5 Å². The summed E-state index contributed by atoms with van der Waals surface area (Å²) < 4.78 is 1.38. The largest absolute Gasteiger partial charge is 0.344 e. The molecule has 0 saturated carbocycles. The van der Waals surface area contributed by atoms with Crippen molar-refractivity contribution in [1.29, 1.82) is 0 Å². The highest BCUT2D eigenvalue weighted by atomic mass is 16.2. The van der Waals surface area contributed by atoms with Gasteiger partial charge >= 0.3 is 0 Å². The minimum Gasteiger partial charge on any atom is -0.344 e. The zero-order chi connectivity index (χ0) is 13.8. The van der Waals surface area contributed by atoms with E-state index in [0.29, 0.717) is 5.56 Å². The van der Waals surface area contributed by atoms with Crippen molar-refractivity contribution in [3.05, 3.63) is 64.3 Å². The van der Waals surface area contributed by atoms with E-state index >= 15 is 0 Å². The second kappa shape index (κ2) is 5.48. The highest BCUT2D eigenvalue weighted by Crippen LogP contribution is 2.09. The van der Waals surface area contributed by atoms with Crippen molar-refractivity contribution in [2.45, 2.75) is 13.0 Å². The van der Waals surface area contributed by atoms with Crippen LogP contribution in [0.2, 0.25) is 0 Å². The summed E-state index contributed by atoms with van der Waals surface area (Å²) in [5.41, 5.74) is 1.10. The van der Waals surface area contributed by atoms with Crippen LogP contribution in [0.1, 0.15) is 29.0 Å². The van der Waals surface area contributed by atoms with E-state index < -0.39 is 0 Å². The van der Waals surface area contributed by atoms with Gasteiger partial charge in [0.2, 0.25) is 5.56 Å². The van der Waals surface area contributed by atoms with Crippen molar-refractivity contribution in [2.24, 2.45) is 7.05 Å². The predicted molar refractivity (Wildman–Crippen MR) is 71.8 cm³/mol. The summed E-state index contributed by atoms with van der Waals surface area (Å²) in [6.07, 6.45) is 3.20. The Kier molecular flexibility index (Phi) is 3.75. The Labute approximate surface area is 110 Å². The van der Waals surface area contributed by atoms with Gasteiger partial charge in [-0.1, -0.05) is 6.07 Å². The molecule has 0 radical (unpaired) electrons. The first-order valence-electron chi connectivity index (χ1n) is 5.96. The van der Waals surface area contributed by atoms with Gasteiger partial charge in [-0.15, -0.1) is 0 Å². The molecule has 1 N–H and O–H groups in total. The van der Waals surface area contributed by atoms with Crippen LogP contribution in [0, 0.1) is 0 Å². The van der Waals surface area contributed by atoms with E-state index in [1.54, 1.807) is 13.2 Å². The van der Waals surface area contributed by atoms with Crippen LogP contribution in [-0.2, 0) is 7.05 Å². The van der Waals surface area contributed by atoms with E-state index in [9.17, 15) is 9.59 Å². The van der Waals surface area contributed by atoms with Crippen molar-refractivity contribution in [3.8, 4) is 0 Å². The maximum atomic E-state index is 12.0. The summed E-state index contributed by atoms with van der Waals surface area (Å²) in [6.45, 7) is 1.86. The summed E-state index contributed by atoms with van der Waals surface area (Å²) in [5.74, 6) is -0.228. The standard InChI is InChI=1S/C14H15N3O2/c1-10(12-5-3-4-8-15-12)16-14(19)11-6-7-13(18)17(2)9-11/h3-10H,1-2H3,(H,16,19)/t10-/m0/s1. The fourth-order valence-electron chi connectivity index (χ4n) is 1.71. The Morgan fingerprint density at radius 3 is 2.74 bits per heavy atom. The molecule has 0 saturated heterocycles. The fourth-order valence-corrected chi connectivity index (χ4v) is 1.71. The van der Waals surface area contributed by atoms with Gasteiger partial charge in [0.05, 0.1) is 17.3 Å². The Bertz CT molecular complexity index is 635. The summed E-state index contributed by atoms with van der Waals surface area (Å²) in [5, 5.41) is 2.84. The molecule has 2 aromatic rings. The average Bonchev–Trinajstić information content (AvgIpc) is 2.42. The van der Waals surface area contributed by atoms with Gasteiger partial charge in [0, 0.05) is 25.5 Å². The summed E-state index contributed by atoms with van der Waals surface area (Å²) in [6, 6.07) is 8.25. The number of amides is 1. The maximum absolute atomic E-state index is 12.0. The first-order valence-corrected chi connectivity index (χ1v) is 5.96. The number of aryl methyl sites for hydroxylation is 1. The lowest BCUT2D eigenvalue weighted by molar-refractivity contribution is 0.0938. The zero-order valence-electron chi connectivity index (χ0n) is 10.8. The number of nitrogens with one attached hydrogen (secondary N) is 1. The van der Waals surface area contributed by atoms with E-state index in [-0.39, 0.29) is 17.5 Å². The van der Waals surface area contributed by atoms with Gasteiger partial charge in [0.1, 0.15) is 0 Å². The molecule has 0 aliphatic heterocycles. The molecule has 0 spiro atoms. The quantitative estimate of drug-likeness (QED) is 0.900. The molecule has 5 nitrogen and oxygen atoms in total. The van der Waals surface area contributed by atoms with E-state index in [2.05, 4.69) is 10.3 Å². The molecular weight excluding hydrogens is 242 g/mol. The molecule has 1 amide bonds. The summed E-state index contributed by atoms with van der Waals surface area (Å²) in [7, 11) is 1.61. The van der Waals surface area contributed by atoms with Crippen LogP contribution in [0.5, 0.6) is 0 Å². The van der Waals surface area contributed by atoms with E-state index in [0.717, 1.165) is 5.69 Å². The number of rotatable bonds is 3. The normalized spacial score (nSPS) is 11.9. The van der Waals surface area contributed by atoms with Gasteiger partial charge in [0.15, 0.2) is 0 Å². The fraction of sp³-hybridized carbons (Fsp3) is 0.214. The predicted octanol–water partition coefficient (Wildman–Crippen LogP) is 1.27. The number of hydrogen-bond acceptors (Lipinski definition) is 3. The Morgan fingerprint density at radius 1 is 1.32 bits per heavy atom. The van der Waals surface area contributed by atoms with Crippen molar-refractivity contribution < 1.29 is 4.79 Å². The molecular formula is C14H15N3O2. The lowest BCUT2D eigenvalue weighted by Gasteiger charge is -2.13.